The zero-order valence-electron chi connectivity index (χ0n) is 12.8. The predicted molar refractivity (Wildman–Crippen MR) is 80.8 cm³/mol. The quantitative estimate of drug-likeness (QED) is 0.761. The van der Waals surface area contributed by atoms with Gasteiger partial charge in [-0.05, 0) is 57.0 Å². The molecule has 2 nitrogen and oxygen atoms in total. The Morgan fingerprint density at radius 2 is 1.95 bits per heavy atom. The summed E-state index contributed by atoms with van der Waals surface area (Å²) in [6, 6.07) is 7.26. The summed E-state index contributed by atoms with van der Waals surface area (Å²) >= 11 is 0. The first-order chi connectivity index (χ1) is 9.15. The van der Waals surface area contributed by atoms with Crippen molar-refractivity contribution in [3.05, 3.63) is 29.3 Å². The molecule has 1 aliphatic heterocycles. The van der Waals surface area contributed by atoms with Crippen molar-refractivity contribution in [2.24, 2.45) is 0 Å². The van der Waals surface area contributed by atoms with Crippen LogP contribution >= 0.6 is 0 Å². The van der Waals surface area contributed by atoms with E-state index in [1.54, 1.807) is 0 Å². The Labute approximate surface area is 117 Å². The van der Waals surface area contributed by atoms with Crippen LogP contribution in [0.4, 0.5) is 0 Å². The van der Waals surface area contributed by atoms with Gasteiger partial charge < -0.3 is 4.74 Å². The SMILES string of the molecule is CCCN(CCC)C(C)c1ccc2c(c1)OC(C)C2. The lowest BCUT2D eigenvalue weighted by atomic mass is 10.0. The average molecular weight is 261 g/mol. The van der Waals surface area contributed by atoms with Crippen molar-refractivity contribution < 1.29 is 4.74 Å². The first kappa shape index (κ1) is 14.4. The molecule has 0 aliphatic carbocycles. The molecule has 0 radical (unpaired) electrons. The van der Waals surface area contributed by atoms with Crippen molar-refractivity contribution in [2.45, 2.75) is 59.1 Å². The molecule has 1 aromatic carbocycles. The van der Waals surface area contributed by atoms with Crippen LogP contribution < -0.4 is 4.74 Å². The molecule has 0 saturated heterocycles. The lowest BCUT2D eigenvalue weighted by molar-refractivity contribution is 0.210. The Morgan fingerprint density at radius 3 is 2.58 bits per heavy atom. The Balaban J connectivity index is 2.14. The van der Waals surface area contributed by atoms with Crippen molar-refractivity contribution in [1.29, 1.82) is 0 Å². The molecule has 1 heterocycles. The summed E-state index contributed by atoms with van der Waals surface area (Å²) < 4.78 is 5.88. The molecule has 1 aliphatic rings. The summed E-state index contributed by atoms with van der Waals surface area (Å²) in [6.07, 6.45) is 3.81. The Kier molecular flexibility index (Phi) is 4.87. The number of hydrogen-bond acceptors (Lipinski definition) is 2. The van der Waals surface area contributed by atoms with Crippen molar-refractivity contribution >= 4 is 0 Å². The molecule has 0 fully saturated rings. The number of fused-ring (bicyclic) bond motifs is 1. The van der Waals surface area contributed by atoms with Gasteiger partial charge in [-0.1, -0.05) is 26.0 Å². The number of hydrogen-bond donors (Lipinski definition) is 0. The minimum absolute atomic E-state index is 0.336. The molecule has 2 rings (SSSR count). The van der Waals surface area contributed by atoms with Crippen molar-refractivity contribution in [1.82, 2.24) is 4.90 Å². The van der Waals surface area contributed by atoms with Crippen molar-refractivity contribution in [2.75, 3.05) is 13.1 Å². The molecule has 0 amide bonds. The number of ether oxygens (including phenoxy) is 1. The van der Waals surface area contributed by atoms with Crippen molar-refractivity contribution in [3.63, 3.8) is 0 Å². The average Bonchev–Trinajstić information content (AvgIpc) is 2.76. The van der Waals surface area contributed by atoms with Gasteiger partial charge in [0.15, 0.2) is 0 Å². The fourth-order valence-corrected chi connectivity index (χ4v) is 2.96. The Bertz CT molecular complexity index is 410. The molecule has 0 bridgehead atoms. The standard InChI is InChI=1S/C17H27NO/c1-5-9-18(10-6-2)14(4)15-7-8-16-11-13(3)19-17(16)12-15/h7-8,12-14H,5-6,9-11H2,1-4H3. The van der Waals surface area contributed by atoms with Gasteiger partial charge in [0, 0.05) is 12.5 Å². The second-order valence-corrected chi connectivity index (χ2v) is 5.71. The Morgan fingerprint density at radius 1 is 1.26 bits per heavy atom. The summed E-state index contributed by atoms with van der Waals surface area (Å²) in [5, 5.41) is 0. The highest BCUT2D eigenvalue weighted by atomic mass is 16.5. The molecule has 2 atom stereocenters. The van der Waals surface area contributed by atoms with Gasteiger partial charge >= 0.3 is 0 Å². The van der Waals surface area contributed by atoms with Crippen LogP contribution in [0.2, 0.25) is 0 Å². The monoisotopic (exact) mass is 261 g/mol. The number of benzene rings is 1. The van der Waals surface area contributed by atoms with E-state index in [-0.39, 0.29) is 0 Å². The highest BCUT2D eigenvalue weighted by Crippen LogP contribution is 2.32. The van der Waals surface area contributed by atoms with Gasteiger partial charge in [-0.25, -0.2) is 0 Å². The molecule has 0 saturated carbocycles. The van der Waals surface area contributed by atoms with E-state index >= 15 is 0 Å². The van der Waals surface area contributed by atoms with E-state index in [0.717, 1.165) is 12.2 Å². The van der Waals surface area contributed by atoms with Gasteiger partial charge in [-0.3, -0.25) is 4.90 Å². The number of nitrogens with zero attached hydrogens (tertiary/aromatic N) is 1. The molecule has 19 heavy (non-hydrogen) atoms. The molecule has 106 valence electrons. The van der Waals surface area contributed by atoms with E-state index in [0.29, 0.717) is 12.1 Å². The van der Waals surface area contributed by atoms with Crippen LogP contribution in [0.3, 0.4) is 0 Å². The van der Waals surface area contributed by atoms with Crippen molar-refractivity contribution in [3.8, 4) is 5.75 Å². The second kappa shape index (κ2) is 6.42. The van der Waals surface area contributed by atoms with E-state index < -0.39 is 0 Å². The molecule has 0 N–H and O–H groups in total. The summed E-state index contributed by atoms with van der Waals surface area (Å²) in [6.45, 7) is 11.3. The van der Waals surface area contributed by atoms with E-state index in [4.69, 9.17) is 4.74 Å². The lowest BCUT2D eigenvalue weighted by Gasteiger charge is -2.29. The minimum Gasteiger partial charge on any atom is -0.490 e. The zero-order chi connectivity index (χ0) is 13.8. The van der Waals surface area contributed by atoms with Gasteiger partial charge in [0.1, 0.15) is 11.9 Å². The molecule has 1 aromatic rings. The van der Waals surface area contributed by atoms with E-state index in [1.807, 2.05) is 0 Å². The molecular weight excluding hydrogens is 234 g/mol. The third-order valence-corrected chi connectivity index (χ3v) is 3.98. The molecule has 2 unspecified atom stereocenters. The van der Waals surface area contributed by atoms with Crippen LogP contribution in [0.15, 0.2) is 18.2 Å². The lowest BCUT2D eigenvalue weighted by Crippen LogP contribution is -2.28. The summed E-state index contributed by atoms with van der Waals surface area (Å²) in [4.78, 5) is 2.57. The smallest absolute Gasteiger partial charge is 0.123 e. The van der Waals surface area contributed by atoms with Crippen LogP contribution in [0.1, 0.15) is 57.7 Å². The highest BCUT2D eigenvalue weighted by Gasteiger charge is 2.21. The summed E-state index contributed by atoms with van der Waals surface area (Å²) in [7, 11) is 0. The van der Waals surface area contributed by atoms with Gasteiger partial charge in [-0.15, -0.1) is 0 Å². The van der Waals surface area contributed by atoms with E-state index in [2.05, 4.69) is 50.8 Å². The van der Waals surface area contributed by atoms with Crippen LogP contribution in [0.5, 0.6) is 5.75 Å². The molecule has 2 heteroatoms. The van der Waals surface area contributed by atoms with Crippen LogP contribution in [-0.4, -0.2) is 24.1 Å². The Hall–Kier alpha value is -1.02. The maximum atomic E-state index is 5.88. The molecule has 0 aromatic heterocycles. The molecule has 0 spiro atoms. The predicted octanol–water partition coefficient (Wildman–Crippen LogP) is 4.19. The third-order valence-electron chi connectivity index (χ3n) is 3.98. The maximum Gasteiger partial charge on any atom is 0.123 e. The highest BCUT2D eigenvalue weighted by molar-refractivity contribution is 5.41. The van der Waals surface area contributed by atoms with Gasteiger partial charge in [0.2, 0.25) is 0 Å². The van der Waals surface area contributed by atoms with Crippen LogP contribution in [0, 0.1) is 0 Å². The third kappa shape index (κ3) is 3.30. The van der Waals surface area contributed by atoms with Gasteiger partial charge in [0.05, 0.1) is 0 Å². The van der Waals surface area contributed by atoms with Gasteiger partial charge in [-0.2, -0.15) is 0 Å². The summed E-state index contributed by atoms with van der Waals surface area (Å²) in [5.74, 6) is 1.10. The van der Waals surface area contributed by atoms with E-state index in [1.165, 1.54) is 37.1 Å². The number of rotatable bonds is 6. The zero-order valence-corrected chi connectivity index (χ0v) is 12.8. The second-order valence-electron chi connectivity index (χ2n) is 5.71. The largest absolute Gasteiger partial charge is 0.490 e. The van der Waals surface area contributed by atoms with Crippen LogP contribution in [-0.2, 0) is 6.42 Å². The topological polar surface area (TPSA) is 12.5 Å². The fraction of sp³-hybridized carbons (Fsp3) is 0.647. The van der Waals surface area contributed by atoms with E-state index in [9.17, 15) is 0 Å². The molecular formula is C17H27NO. The first-order valence-corrected chi connectivity index (χ1v) is 7.69. The van der Waals surface area contributed by atoms with Crippen LogP contribution in [0.25, 0.3) is 0 Å². The minimum atomic E-state index is 0.336. The fourth-order valence-electron chi connectivity index (χ4n) is 2.96. The maximum absolute atomic E-state index is 5.88. The van der Waals surface area contributed by atoms with Gasteiger partial charge in [0.25, 0.3) is 0 Å². The summed E-state index contributed by atoms with van der Waals surface area (Å²) in [5.41, 5.74) is 2.75. The first-order valence-electron chi connectivity index (χ1n) is 7.69. The normalized spacial score (nSPS) is 19.3.